The Labute approximate surface area is 216 Å². The van der Waals surface area contributed by atoms with E-state index in [-0.39, 0.29) is 29.8 Å². The molecule has 0 saturated heterocycles. The van der Waals surface area contributed by atoms with Gasteiger partial charge >= 0.3 is 6.61 Å². The molecular weight excluding hydrogens is 519 g/mol. The average molecular weight is 542 g/mol. The molecule has 192 valence electrons. The van der Waals surface area contributed by atoms with Gasteiger partial charge in [0.25, 0.3) is 0 Å². The molecule has 2 unspecified atom stereocenters. The van der Waals surface area contributed by atoms with Crippen LogP contribution in [-0.4, -0.2) is 82.2 Å². The summed E-state index contributed by atoms with van der Waals surface area (Å²) in [5, 5.41) is 28.9. The molecule has 0 radical (unpaired) electrons. The summed E-state index contributed by atoms with van der Waals surface area (Å²) < 4.78 is 29.6. The zero-order valence-electron chi connectivity index (χ0n) is 19.3. The van der Waals surface area contributed by atoms with Crippen LogP contribution in [0.3, 0.4) is 0 Å². The Morgan fingerprint density at radius 3 is 2.72 bits per heavy atom. The maximum Gasteiger partial charge on any atom is 0.388 e. The Bertz CT molecular complexity index is 1160. The fourth-order valence-electron chi connectivity index (χ4n) is 3.69. The van der Waals surface area contributed by atoms with Crippen molar-refractivity contribution in [1.29, 1.82) is 5.26 Å². The maximum absolute atomic E-state index is 12.6. The number of anilines is 1. The number of aliphatic hydroxyl groups is 1. The Hall–Kier alpha value is -3.40. The van der Waals surface area contributed by atoms with E-state index >= 15 is 0 Å². The van der Waals surface area contributed by atoms with Crippen LogP contribution in [0.4, 0.5) is 14.6 Å². The maximum atomic E-state index is 12.6. The van der Waals surface area contributed by atoms with Crippen molar-refractivity contribution in [2.75, 3.05) is 32.1 Å². The number of aromatic nitrogens is 1. The normalized spacial score (nSPS) is 15.8. The summed E-state index contributed by atoms with van der Waals surface area (Å²) >= 11 is 12.3. The Morgan fingerprint density at radius 2 is 2.11 bits per heavy atom. The Kier molecular flexibility index (Phi) is 9.08. The Balaban J connectivity index is 2.01. The third kappa shape index (κ3) is 6.23. The minimum atomic E-state index is -3.05. The van der Waals surface area contributed by atoms with Gasteiger partial charge in [0, 0.05) is 25.2 Å². The second kappa shape index (κ2) is 12.0. The number of benzene rings is 1. The largest absolute Gasteiger partial charge is 0.417 e. The lowest BCUT2D eigenvalue weighted by molar-refractivity contribution is -0.135. The molecule has 10 nitrogen and oxygen atoms in total. The van der Waals surface area contributed by atoms with Gasteiger partial charge in [0.05, 0.1) is 28.3 Å². The fourth-order valence-corrected chi connectivity index (χ4v) is 3.99. The minimum Gasteiger partial charge on any atom is -0.417 e. The quantitative estimate of drug-likeness (QED) is 0.268. The molecule has 1 amide bonds. The van der Waals surface area contributed by atoms with Crippen molar-refractivity contribution in [2.24, 2.45) is 5.10 Å². The van der Waals surface area contributed by atoms with Crippen LogP contribution in [-0.2, 0) is 4.79 Å². The standard InChI is InChI=1S/C22H23Cl2F2N7O3/c1-3-32(19(35)11-34)16-10-33(30-20(16)13-7-8-14(23)15(24)9-13)22(31(2)12-27)29-17-5-4-6-18(28-17)36-21(25)26/h4-9,16,21-22,34H,3,10-11H2,1-2H3,(H,28,29). The van der Waals surface area contributed by atoms with E-state index < -0.39 is 31.5 Å². The predicted octanol–water partition coefficient (Wildman–Crippen LogP) is 3.03. The van der Waals surface area contributed by atoms with Crippen molar-refractivity contribution < 1.29 is 23.4 Å². The number of amides is 1. The molecule has 1 aromatic heterocycles. The minimum absolute atomic E-state index is 0.131. The van der Waals surface area contributed by atoms with Crippen LogP contribution in [0.5, 0.6) is 5.88 Å². The number of hydrogen-bond acceptors (Lipinski definition) is 9. The molecule has 2 aromatic rings. The number of nitrogens with zero attached hydrogens (tertiary/aromatic N) is 6. The van der Waals surface area contributed by atoms with Gasteiger partial charge in [-0.2, -0.15) is 24.1 Å². The van der Waals surface area contributed by atoms with Gasteiger partial charge in [-0.15, -0.1) is 0 Å². The lowest BCUT2D eigenvalue weighted by Crippen LogP contribution is -2.52. The van der Waals surface area contributed by atoms with E-state index in [1.807, 2.05) is 6.19 Å². The molecule has 14 heteroatoms. The molecular formula is C22H23Cl2F2N7O3. The summed E-state index contributed by atoms with van der Waals surface area (Å²) in [5.74, 6) is -0.666. The lowest BCUT2D eigenvalue weighted by atomic mass is 10.0. The van der Waals surface area contributed by atoms with Gasteiger partial charge in [0.1, 0.15) is 12.4 Å². The number of aliphatic hydroxyl groups excluding tert-OH is 1. The highest BCUT2D eigenvalue weighted by Gasteiger charge is 2.38. The first-order valence-corrected chi connectivity index (χ1v) is 11.5. The number of carbonyl (C=O) groups excluding carboxylic acids is 1. The van der Waals surface area contributed by atoms with Crippen LogP contribution in [0.2, 0.25) is 10.0 Å². The van der Waals surface area contributed by atoms with Gasteiger partial charge in [0.15, 0.2) is 6.19 Å². The van der Waals surface area contributed by atoms with Gasteiger partial charge in [-0.1, -0.05) is 35.3 Å². The Morgan fingerprint density at radius 1 is 1.36 bits per heavy atom. The molecule has 2 heterocycles. The van der Waals surface area contributed by atoms with Gasteiger partial charge < -0.3 is 20.1 Å². The summed E-state index contributed by atoms with van der Waals surface area (Å²) in [4.78, 5) is 19.2. The monoisotopic (exact) mass is 541 g/mol. The molecule has 1 aliphatic heterocycles. The van der Waals surface area contributed by atoms with E-state index in [0.717, 1.165) is 0 Å². The molecule has 0 fully saturated rings. The molecule has 2 N–H and O–H groups in total. The SMILES string of the molecule is CCN(C(=O)CO)C1CN(C(Nc2cccc(OC(F)F)n2)N(C)C#N)N=C1c1ccc(Cl)c(Cl)c1. The number of halogens is 4. The second-order valence-corrected chi connectivity index (χ2v) is 8.37. The number of rotatable bonds is 10. The fraction of sp³-hybridized carbons (Fsp3) is 0.364. The van der Waals surface area contributed by atoms with Crippen LogP contribution in [0.15, 0.2) is 41.5 Å². The summed E-state index contributed by atoms with van der Waals surface area (Å²) in [6.07, 6.45) is 1.07. The van der Waals surface area contributed by atoms with E-state index in [2.05, 4.69) is 20.1 Å². The molecule has 0 bridgehead atoms. The second-order valence-electron chi connectivity index (χ2n) is 7.56. The lowest BCUT2D eigenvalue weighted by Gasteiger charge is -2.33. The van der Waals surface area contributed by atoms with Crippen molar-refractivity contribution in [3.05, 3.63) is 52.0 Å². The van der Waals surface area contributed by atoms with Crippen LogP contribution in [0.1, 0.15) is 12.5 Å². The molecule has 36 heavy (non-hydrogen) atoms. The molecule has 3 rings (SSSR count). The molecule has 1 aliphatic rings. The number of nitrogens with one attached hydrogen (secondary N) is 1. The summed E-state index contributed by atoms with van der Waals surface area (Å²) in [6.45, 7) is -1.57. The zero-order valence-corrected chi connectivity index (χ0v) is 20.8. The third-order valence-electron chi connectivity index (χ3n) is 5.32. The number of pyridine rings is 1. The van der Waals surface area contributed by atoms with Crippen molar-refractivity contribution in [2.45, 2.75) is 25.9 Å². The smallest absolute Gasteiger partial charge is 0.388 e. The van der Waals surface area contributed by atoms with Crippen molar-refractivity contribution >= 4 is 40.6 Å². The molecule has 1 aromatic carbocycles. The number of hydrazone groups is 1. The van der Waals surface area contributed by atoms with Crippen LogP contribution < -0.4 is 10.1 Å². The molecule has 0 spiro atoms. The number of hydrogen-bond donors (Lipinski definition) is 2. The average Bonchev–Trinajstić information content (AvgIpc) is 3.28. The van der Waals surface area contributed by atoms with E-state index in [1.54, 1.807) is 25.1 Å². The molecule has 2 atom stereocenters. The van der Waals surface area contributed by atoms with E-state index in [0.29, 0.717) is 16.3 Å². The highest BCUT2D eigenvalue weighted by Crippen LogP contribution is 2.28. The first-order valence-electron chi connectivity index (χ1n) is 10.7. The van der Waals surface area contributed by atoms with Gasteiger partial charge in [0.2, 0.25) is 18.1 Å². The van der Waals surface area contributed by atoms with Gasteiger partial charge in [-0.3, -0.25) is 14.7 Å². The van der Waals surface area contributed by atoms with Crippen LogP contribution in [0.25, 0.3) is 0 Å². The van der Waals surface area contributed by atoms with Crippen LogP contribution >= 0.6 is 23.2 Å². The van der Waals surface area contributed by atoms with Gasteiger partial charge in [-0.25, -0.2) is 0 Å². The molecule has 0 aliphatic carbocycles. The van der Waals surface area contributed by atoms with Crippen molar-refractivity contribution in [3.8, 4) is 12.1 Å². The van der Waals surface area contributed by atoms with Crippen LogP contribution in [0, 0.1) is 11.5 Å². The number of nitriles is 1. The summed E-state index contributed by atoms with van der Waals surface area (Å²) in [5.41, 5.74) is 1.04. The number of ether oxygens (including phenoxy) is 1. The summed E-state index contributed by atoms with van der Waals surface area (Å²) in [7, 11) is 1.50. The topological polar surface area (TPSA) is 117 Å². The predicted molar refractivity (Wildman–Crippen MR) is 130 cm³/mol. The third-order valence-corrected chi connectivity index (χ3v) is 6.06. The first kappa shape index (κ1) is 27.2. The highest BCUT2D eigenvalue weighted by atomic mass is 35.5. The number of carbonyl (C=O) groups is 1. The number of alkyl halides is 2. The number of likely N-dealkylation sites (N-methyl/N-ethyl adjacent to an activating group) is 1. The highest BCUT2D eigenvalue weighted by molar-refractivity contribution is 6.42. The molecule has 0 saturated carbocycles. The van der Waals surface area contributed by atoms with Gasteiger partial charge in [-0.05, 0) is 25.1 Å². The summed E-state index contributed by atoms with van der Waals surface area (Å²) in [6, 6.07) is 8.55. The van der Waals surface area contributed by atoms with E-state index in [1.165, 1.54) is 40.1 Å². The van der Waals surface area contributed by atoms with Crippen molar-refractivity contribution in [3.63, 3.8) is 0 Å². The van der Waals surface area contributed by atoms with Crippen molar-refractivity contribution in [1.82, 2.24) is 19.8 Å². The first-order chi connectivity index (χ1) is 17.2. The van der Waals surface area contributed by atoms with E-state index in [4.69, 9.17) is 23.2 Å². The zero-order chi connectivity index (χ0) is 26.4. The van der Waals surface area contributed by atoms with E-state index in [9.17, 15) is 23.9 Å².